The second-order valence-corrected chi connectivity index (χ2v) is 7.43. The van der Waals surface area contributed by atoms with Crippen molar-refractivity contribution in [2.24, 2.45) is 0 Å². The van der Waals surface area contributed by atoms with Gasteiger partial charge in [0.2, 0.25) is 5.91 Å². The fourth-order valence-electron chi connectivity index (χ4n) is 2.90. The lowest BCUT2D eigenvalue weighted by molar-refractivity contribution is -0.124. The van der Waals surface area contributed by atoms with E-state index in [9.17, 15) is 9.59 Å². The molecule has 2 rings (SSSR count). The van der Waals surface area contributed by atoms with Gasteiger partial charge in [-0.05, 0) is 44.5 Å². The van der Waals surface area contributed by atoms with Gasteiger partial charge in [-0.3, -0.25) is 15.0 Å². The lowest BCUT2D eigenvalue weighted by atomic mass is 9.96. The van der Waals surface area contributed by atoms with Crippen LogP contribution in [0.3, 0.4) is 0 Å². The zero-order valence-corrected chi connectivity index (χ0v) is 15.9. The zero-order chi connectivity index (χ0) is 17.5. The Labute approximate surface area is 152 Å². The van der Waals surface area contributed by atoms with Crippen LogP contribution in [-0.4, -0.2) is 36.0 Å². The molecule has 0 saturated heterocycles. The largest absolute Gasteiger partial charge is 0.335 e. The van der Waals surface area contributed by atoms with Crippen LogP contribution in [0, 0.1) is 0 Å². The molecule has 3 amide bonds. The lowest BCUT2D eigenvalue weighted by Gasteiger charge is -2.25. The van der Waals surface area contributed by atoms with Crippen molar-refractivity contribution in [3.63, 3.8) is 0 Å². The Bertz CT molecular complexity index is 556. The third-order valence-corrected chi connectivity index (χ3v) is 5.09. The lowest BCUT2D eigenvalue weighted by Crippen LogP contribution is -2.50. The molecular formula is C18H26BrN3O2. The molecule has 1 fully saturated rings. The summed E-state index contributed by atoms with van der Waals surface area (Å²) in [5.74, 6) is -0.275. The molecule has 2 N–H and O–H groups in total. The summed E-state index contributed by atoms with van der Waals surface area (Å²) in [6.07, 6.45) is 5.52. The predicted molar refractivity (Wildman–Crippen MR) is 98.6 cm³/mol. The third-order valence-electron chi connectivity index (χ3n) is 4.56. The number of imide groups is 1. The molecule has 1 aromatic carbocycles. The molecule has 132 valence electrons. The van der Waals surface area contributed by atoms with Crippen LogP contribution in [-0.2, 0) is 11.3 Å². The van der Waals surface area contributed by atoms with E-state index in [2.05, 4.69) is 26.6 Å². The fourth-order valence-corrected chi connectivity index (χ4v) is 3.16. The van der Waals surface area contributed by atoms with Crippen LogP contribution < -0.4 is 10.6 Å². The minimum atomic E-state index is -0.384. The standard InChI is InChI=1S/C18H26BrN3O2/c1-13(22(2)12-14-8-10-15(19)11-9-14)17(23)21-18(24)20-16-6-4-3-5-7-16/h8-11,13,16H,3-7,12H2,1-2H3,(H2,20,21,23,24). The van der Waals surface area contributed by atoms with Gasteiger partial charge in [-0.2, -0.15) is 0 Å². The second-order valence-electron chi connectivity index (χ2n) is 6.52. The van der Waals surface area contributed by atoms with Gasteiger partial charge in [-0.15, -0.1) is 0 Å². The molecule has 0 aromatic heterocycles. The predicted octanol–water partition coefficient (Wildman–Crippen LogP) is 3.43. The number of benzene rings is 1. The highest BCUT2D eigenvalue weighted by Gasteiger charge is 2.22. The summed E-state index contributed by atoms with van der Waals surface area (Å²) in [5, 5.41) is 5.37. The van der Waals surface area contributed by atoms with E-state index < -0.39 is 0 Å². The van der Waals surface area contributed by atoms with Gasteiger partial charge < -0.3 is 5.32 Å². The third kappa shape index (κ3) is 5.91. The average molecular weight is 396 g/mol. The summed E-state index contributed by atoms with van der Waals surface area (Å²) in [6, 6.07) is 7.42. The van der Waals surface area contributed by atoms with Gasteiger partial charge in [-0.25, -0.2) is 4.79 Å². The molecule has 0 spiro atoms. The highest BCUT2D eigenvalue weighted by molar-refractivity contribution is 9.10. The number of hydrogen-bond acceptors (Lipinski definition) is 3. The maximum Gasteiger partial charge on any atom is 0.321 e. The van der Waals surface area contributed by atoms with E-state index >= 15 is 0 Å². The van der Waals surface area contributed by atoms with E-state index in [1.807, 2.05) is 43.1 Å². The van der Waals surface area contributed by atoms with E-state index in [1.165, 1.54) is 6.42 Å². The maximum absolute atomic E-state index is 12.3. The van der Waals surface area contributed by atoms with Crippen molar-refractivity contribution >= 4 is 27.9 Å². The number of carbonyl (C=O) groups is 2. The topological polar surface area (TPSA) is 61.4 Å². The minimum absolute atomic E-state index is 0.197. The van der Waals surface area contributed by atoms with Gasteiger partial charge in [0.05, 0.1) is 6.04 Å². The molecule has 0 radical (unpaired) electrons. The van der Waals surface area contributed by atoms with Gasteiger partial charge >= 0.3 is 6.03 Å². The quantitative estimate of drug-likeness (QED) is 0.802. The van der Waals surface area contributed by atoms with Crippen molar-refractivity contribution < 1.29 is 9.59 Å². The van der Waals surface area contributed by atoms with Crippen LogP contribution in [0.4, 0.5) is 4.79 Å². The number of urea groups is 1. The molecule has 0 heterocycles. The summed E-state index contributed by atoms with van der Waals surface area (Å²) in [6.45, 7) is 2.45. The first-order valence-electron chi connectivity index (χ1n) is 8.51. The van der Waals surface area contributed by atoms with Crippen molar-refractivity contribution in [1.29, 1.82) is 0 Å². The molecule has 1 aliphatic rings. The molecular weight excluding hydrogens is 370 g/mol. The molecule has 6 heteroatoms. The first-order valence-corrected chi connectivity index (χ1v) is 9.31. The van der Waals surface area contributed by atoms with Crippen molar-refractivity contribution in [1.82, 2.24) is 15.5 Å². The van der Waals surface area contributed by atoms with Crippen molar-refractivity contribution in [2.45, 2.75) is 57.7 Å². The van der Waals surface area contributed by atoms with Crippen LogP contribution in [0.25, 0.3) is 0 Å². The summed E-state index contributed by atoms with van der Waals surface area (Å²) in [4.78, 5) is 26.2. The molecule has 24 heavy (non-hydrogen) atoms. The van der Waals surface area contributed by atoms with Crippen LogP contribution in [0.1, 0.15) is 44.6 Å². The molecule has 1 saturated carbocycles. The van der Waals surface area contributed by atoms with Crippen LogP contribution >= 0.6 is 15.9 Å². The first kappa shape index (κ1) is 18.9. The van der Waals surface area contributed by atoms with E-state index in [0.717, 1.165) is 35.7 Å². The second kappa shape index (κ2) is 9.18. The highest BCUT2D eigenvalue weighted by Crippen LogP contribution is 2.17. The van der Waals surface area contributed by atoms with Crippen molar-refractivity contribution in [2.75, 3.05) is 7.05 Å². The Balaban J connectivity index is 1.79. The Morgan fingerprint density at radius 1 is 1.21 bits per heavy atom. The van der Waals surface area contributed by atoms with Gasteiger partial charge in [0, 0.05) is 17.1 Å². The molecule has 5 nitrogen and oxygen atoms in total. The molecule has 0 bridgehead atoms. The number of nitrogens with zero attached hydrogens (tertiary/aromatic N) is 1. The van der Waals surface area contributed by atoms with Crippen LogP contribution in [0.15, 0.2) is 28.7 Å². The van der Waals surface area contributed by atoms with Crippen molar-refractivity contribution in [3.05, 3.63) is 34.3 Å². The first-order chi connectivity index (χ1) is 11.5. The number of likely N-dealkylation sites (N-methyl/N-ethyl adjacent to an activating group) is 1. The number of nitrogens with one attached hydrogen (secondary N) is 2. The summed E-state index contributed by atoms with van der Waals surface area (Å²) in [7, 11) is 1.88. The minimum Gasteiger partial charge on any atom is -0.335 e. The SMILES string of the molecule is CC(C(=O)NC(=O)NC1CCCCC1)N(C)Cc1ccc(Br)cc1. The number of carbonyl (C=O) groups excluding carboxylic acids is 2. The Morgan fingerprint density at radius 2 is 1.83 bits per heavy atom. The highest BCUT2D eigenvalue weighted by atomic mass is 79.9. The molecule has 0 aliphatic heterocycles. The maximum atomic E-state index is 12.3. The molecule has 1 atom stereocenters. The Kier molecular flexibility index (Phi) is 7.24. The molecule has 1 aromatic rings. The fraction of sp³-hybridized carbons (Fsp3) is 0.556. The zero-order valence-electron chi connectivity index (χ0n) is 14.3. The number of hydrogen-bond donors (Lipinski definition) is 2. The number of amides is 3. The Hall–Kier alpha value is -1.40. The summed E-state index contributed by atoms with van der Waals surface area (Å²) in [5.41, 5.74) is 1.12. The van der Waals surface area contributed by atoms with E-state index in [0.29, 0.717) is 6.54 Å². The van der Waals surface area contributed by atoms with Gasteiger partial charge in [-0.1, -0.05) is 47.3 Å². The van der Waals surface area contributed by atoms with E-state index in [4.69, 9.17) is 0 Å². The summed E-state index contributed by atoms with van der Waals surface area (Å²) < 4.78 is 1.03. The van der Waals surface area contributed by atoms with Crippen LogP contribution in [0.5, 0.6) is 0 Å². The molecule has 1 unspecified atom stereocenters. The number of rotatable bonds is 5. The Morgan fingerprint density at radius 3 is 2.46 bits per heavy atom. The van der Waals surface area contributed by atoms with Crippen LogP contribution in [0.2, 0.25) is 0 Å². The monoisotopic (exact) mass is 395 g/mol. The molecule has 1 aliphatic carbocycles. The normalized spacial score (nSPS) is 16.7. The van der Waals surface area contributed by atoms with Gasteiger partial charge in [0.25, 0.3) is 0 Å². The smallest absolute Gasteiger partial charge is 0.321 e. The average Bonchev–Trinajstić information content (AvgIpc) is 2.57. The van der Waals surface area contributed by atoms with Gasteiger partial charge in [0.1, 0.15) is 0 Å². The van der Waals surface area contributed by atoms with E-state index in [1.54, 1.807) is 0 Å². The van der Waals surface area contributed by atoms with Crippen molar-refractivity contribution in [3.8, 4) is 0 Å². The number of halogens is 1. The van der Waals surface area contributed by atoms with E-state index in [-0.39, 0.29) is 24.0 Å². The summed E-state index contributed by atoms with van der Waals surface area (Å²) >= 11 is 3.41. The van der Waals surface area contributed by atoms with Gasteiger partial charge in [0.15, 0.2) is 0 Å².